The Morgan fingerprint density at radius 2 is 2.00 bits per heavy atom. The monoisotopic (exact) mass is 334 g/mol. The van der Waals surface area contributed by atoms with Crippen molar-refractivity contribution in [3.8, 4) is 0 Å². The summed E-state index contributed by atoms with van der Waals surface area (Å²) in [5.41, 5.74) is 1.06. The van der Waals surface area contributed by atoms with Crippen LogP contribution in [0.3, 0.4) is 0 Å². The molecule has 3 nitrogen and oxygen atoms in total. The Hall–Kier alpha value is -1.72. The third-order valence-corrected chi connectivity index (χ3v) is 4.74. The van der Waals surface area contributed by atoms with Gasteiger partial charge in [0.2, 0.25) is 5.91 Å². The summed E-state index contributed by atoms with van der Waals surface area (Å²) in [4.78, 5) is 15.4. The average molecular weight is 334 g/mol. The molecule has 23 heavy (non-hydrogen) atoms. The fourth-order valence-corrected chi connectivity index (χ4v) is 3.34. The first-order valence-electron chi connectivity index (χ1n) is 7.77. The molecule has 1 amide bonds. The van der Waals surface area contributed by atoms with E-state index in [1.165, 1.54) is 17.0 Å². The third-order valence-electron chi connectivity index (χ3n) is 3.77. The summed E-state index contributed by atoms with van der Waals surface area (Å²) in [5, 5.41) is 5.07. The summed E-state index contributed by atoms with van der Waals surface area (Å²) < 4.78 is 12.8. The number of hydrogen-bond acceptors (Lipinski definition) is 3. The minimum absolute atomic E-state index is 0.0653. The number of likely N-dealkylation sites (N-methyl/N-ethyl adjacent to an activating group) is 1. The summed E-state index contributed by atoms with van der Waals surface area (Å²) in [6.07, 6.45) is 2.04. The van der Waals surface area contributed by atoms with Crippen molar-refractivity contribution in [1.82, 2.24) is 10.2 Å². The Morgan fingerprint density at radius 3 is 2.61 bits per heavy atom. The Balaban J connectivity index is 1.73. The number of carbonyl (C=O) groups excluding carboxylic acids is 1. The molecule has 0 saturated carbocycles. The van der Waals surface area contributed by atoms with Crippen LogP contribution in [0.25, 0.3) is 0 Å². The van der Waals surface area contributed by atoms with Crippen LogP contribution in [0.15, 0.2) is 41.8 Å². The number of nitrogens with zero attached hydrogens (tertiary/aromatic N) is 1. The number of halogens is 1. The van der Waals surface area contributed by atoms with Crippen molar-refractivity contribution in [2.24, 2.45) is 0 Å². The molecule has 1 N–H and O–H groups in total. The second-order valence-electron chi connectivity index (χ2n) is 5.78. The zero-order valence-corrected chi connectivity index (χ0v) is 14.4. The maximum Gasteiger partial charge on any atom is 0.220 e. The number of thiophene rings is 1. The molecular weight excluding hydrogens is 311 g/mol. The molecule has 1 aromatic heterocycles. The fourth-order valence-electron chi connectivity index (χ4n) is 2.42. The molecule has 0 fully saturated rings. The van der Waals surface area contributed by atoms with Crippen LogP contribution in [0.4, 0.5) is 4.39 Å². The molecular formula is C18H23FN2OS. The average Bonchev–Trinajstić information content (AvgIpc) is 3.03. The number of benzene rings is 1. The van der Waals surface area contributed by atoms with Crippen LogP contribution in [0.1, 0.15) is 29.3 Å². The minimum atomic E-state index is -0.227. The molecule has 0 aliphatic carbocycles. The largest absolute Gasteiger partial charge is 0.354 e. The van der Waals surface area contributed by atoms with Gasteiger partial charge in [-0.2, -0.15) is 0 Å². The number of rotatable bonds is 8. The van der Waals surface area contributed by atoms with E-state index in [0.717, 1.165) is 18.4 Å². The Labute approximate surface area is 141 Å². The van der Waals surface area contributed by atoms with Gasteiger partial charge in [-0.05, 0) is 56.1 Å². The normalized spacial score (nSPS) is 12.3. The molecule has 1 atom stereocenters. The second-order valence-corrected chi connectivity index (χ2v) is 6.76. The van der Waals surface area contributed by atoms with Gasteiger partial charge in [0.1, 0.15) is 5.82 Å². The molecule has 1 heterocycles. The Morgan fingerprint density at radius 1 is 1.26 bits per heavy atom. The molecule has 1 aromatic carbocycles. The predicted molar refractivity (Wildman–Crippen MR) is 93.1 cm³/mol. The first-order valence-corrected chi connectivity index (χ1v) is 8.65. The Kier molecular flexibility index (Phi) is 6.74. The minimum Gasteiger partial charge on any atom is -0.354 e. The maximum absolute atomic E-state index is 12.8. The molecule has 124 valence electrons. The van der Waals surface area contributed by atoms with E-state index < -0.39 is 0 Å². The quantitative estimate of drug-likeness (QED) is 0.799. The first kappa shape index (κ1) is 17.6. The van der Waals surface area contributed by atoms with E-state index in [-0.39, 0.29) is 17.8 Å². The standard InChI is InChI=1S/C18H23FN2OS/c1-21(2)16(17-6-4-12-23-17)13-20-18(22)7-3-5-14-8-10-15(19)11-9-14/h4,6,8-12,16H,3,5,7,13H2,1-2H3,(H,20,22). The molecule has 1 unspecified atom stereocenters. The molecule has 0 spiro atoms. The lowest BCUT2D eigenvalue weighted by molar-refractivity contribution is -0.121. The first-order chi connectivity index (χ1) is 11.1. The summed E-state index contributed by atoms with van der Waals surface area (Å²) in [6.45, 7) is 0.614. The van der Waals surface area contributed by atoms with Gasteiger partial charge in [-0.1, -0.05) is 18.2 Å². The lowest BCUT2D eigenvalue weighted by atomic mass is 10.1. The fraction of sp³-hybridized carbons (Fsp3) is 0.389. The topological polar surface area (TPSA) is 32.3 Å². The molecule has 5 heteroatoms. The summed E-state index contributed by atoms with van der Waals surface area (Å²) >= 11 is 1.70. The predicted octanol–water partition coefficient (Wildman–Crippen LogP) is 3.63. The van der Waals surface area contributed by atoms with E-state index in [9.17, 15) is 9.18 Å². The van der Waals surface area contributed by atoms with Gasteiger partial charge in [-0.25, -0.2) is 4.39 Å². The van der Waals surface area contributed by atoms with Crippen LogP contribution in [-0.4, -0.2) is 31.4 Å². The molecule has 0 bridgehead atoms. The number of hydrogen-bond donors (Lipinski definition) is 1. The van der Waals surface area contributed by atoms with Crippen molar-refractivity contribution in [2.45, 2.75) is 25.3 Å². The van der Waals surface area contributed by atoms with Crippen LogP contribution in [0.5, 0.6) is 0 Å². The smallest absolute Gasteiger partial charge is 0.220 e. The highest BCUT2D eigenvalue weighted by Crippen LogP contribution is 2.22. The van der Waals surface area contributed by atoms with Gasteiger partial charge in [0.05, 0.1) is 6.04 Å². The van der Waals surface area contributed by atoms with Crippen LogP contribution in [0, 0.1) is 5.82 Å². The van der Waals surface area contributed by atoms with Crippen molar-refractivity contribution in [3.63, 3.8) is 0 Å². The van der Waals surface area contributed by atoms with Gasteiger partial charge in [-0.15, -0.1) is 11.3 Å². The van der Waals surface area contributed by atoms with Gasteiger partial charge in [0.25, 0.3) is 0 Å². The Bertz CT molecular complexity index is 596. The van der Waals surface area contributed by atoms with Crippen molar-refractivity contribution in [3.05, 3.63) is 58.0 Å². The highest BCUT2D eigenvalue weighted by atomic mass is 32.1. The lowest BCUT2D eigenvalue weighted by Gasteiger charge is -2.23. The van der Waals surface area contributed by atoms with Gasteiger partial charge >= 0.3 is 0 Å². The van der Waals surface area contributed by atoms with E-state index in [0.29, 0.717) is 13.0 Å². The molecule has 0 saturated heterocycles. The van der Waals surface area contributed by atoms with Crippen molar-refractivity contribution in [1.29, 1.82) is 0 Å². The number of amides is 1. The van der Waals surface area contributed by atoms with E-state index in [1.54, 1.807) is 23.5 Å². The number of aryl methyl sites for hydroxylation is 1. The maximum atomic E-state index is 12.8. The van der Waals surface area contributed by atoms with Gasteiger partial charge in [0.15, 0.2) is 0 Å². The van der Waals surface area contributed by atoms with Crippen LogP contribution in [-0.2, 0) is 11.2 Å². The van der Waals surface area contributed by atoms with Crippen molar-refractivity contribution < 1.29 is 9.18 Å². The van der Waals surface area contributed by atoms with Gasteiger partial charge in [0, 0.05) is 17.8 Å². The second kappa shape index (κ2) is 8.79. The highest BCUT2D eigenvalue weighted by Gasteiger charge is 2.15. The van der Waals surface area contributed by atoms with Crippen LogP contribution in [0.2, 0.25) is 0 Å². The molecule has 0 radical (unpaired) electrons. The van der Waals surface area contributed by atoms with E-state index >= 15 is 0 Å². The number of carbonyl (C=O) groups is 1. The van der Waals surface area contributed by atoms with Crippen molar-refractivity contribution in [2.75, 3.05) is 20.6 Å². The summed E-state index contributed by atoms with van der Waals surface area (Å²) in [5.74, 6) is -0.162. The lowest BCUT2D eigenvalue weighted by Crippen LogP contribution is -2.34. The summed E-state index contributed by atoms with van der Waals surface area (Å²) in [7, 11) is 4.04. The molecule has 2 aromatic rings. The highest BCUT2D eigenvalue weighted by molar-refractivity contribution is 7.10. The summed E-state index contributed by atoms with van der Waals surface area (Å²) in [6, 6.07) is 10.8. The molecule has 2 rings (SSSR count). The van der Waals surface area contributed by atoms with E-state index in [4.69, 9.17) is 0 Å². The van der Waals surface area contributed by atoms with E-state index in [1.807, 2.05) is 20.2 Å². The zero-order valence-electron chi connectivity index (χ0n) is 13.6. The van der Waals surface area contributed by atoms with Crippen molar-refractivity contribution >= 4 is 17.2 Å². The van der Waals surface area contributed by atoms with Crippen LogP contribution < -0.4 is 5.32 Å². The van der Waals surface area contributed by atoms with Crippen LogP contribution >= 0.6 is 11.3 Å². The van der Waals surface area contributed by atoms with Gasteiger partial charge < -0.3 is 10.2 Å². The SMILES string of the molecule is CN(C)C(CNC(=O)CCCc1ccc(F)cc1)c1cccs1. The van der Waals surface area contributed by atoms with Gasteiger partial charge in [-0.3, -0.25) is 4.79 Å². The molecule has 0 aliphatic rings. The zero-order chi connectivity index (χ0) is 16.7. The third kappa shape index (κ3) is 5.77. The van der Waals surface area contributed by atoms with E-state index in [2.05, 4.69) is 21.7 Å². The molecule has 0 aliphatic heterocycles. The number of nitrogens with one attached hydrogen (secondary N) is 1.